The van der Waals surface area contributed by atoms with Gasteiger partial charge in [0.1, 0.15) is 6.04 Å². The minimum atomic E-state index is -0.630. The molecule has 0 saturated heterocycles. The first-order valence-corrected chi connectivity index (χ1v) is 4.63. The molecule has 0 spiro atoms. The van der Waals surface area contributed by atoms with Crippen LogP contribution in [0.4, 0.5) is 0 Å². The van der Waals surface area contributed by atoms with Crippen LogP contribution in [0.25, 0.3) is 0 Å². The van der Waals surface area contributed by atoms with Gasteiger partial charge in [-0.15, -0.1) is 11.3 Å². The fraction of sp³-hybridized carbons (Fsp3) is 0.250. The fourth-order valence-electron chi connectivity index (χ4n) is 0.747. The molecule has 0 aromatic carbocycles. The van der Waals surface area contributed by atoms with Gasteiger partial charge in [-0.3, -0.25) is 9.59 Å². The van der Waals surface area contributed by atoms with Crippen molar-refractivity contribution in [2.45, 2.75) is 13.0 Å². The Hall–Kier alpha value is -1.36. The molecule has 1 aromatic heterocycles. The Labute approximate surface area is 79.7 Å². The van der Waals surface area contributed by atoms with E-state index in [0.29, 0.717) is 4.88 Å². The molecule has 1 rings (SSSR count). The third-order valence-corrected chi connectivity index (χ3v) is 2.39. The van der Waals surface area contributed by atoms with E-state index in [0.717, 1.165) is 0 Å². The van der Waals surface area contributed by atoms with E-state index >= 15 is 0 Å². The molecular formula is C8H10N2O2S. The van der Waals surface area contributed by atoms with E-state index in [4.69, 9.17) is 5.73 Å². The number of hydrogen-bond donors (Lipinski definition) is 2. The van der Waals surface area contributed by atoms with Gasteiger partial charge in [0, 0.05) is 0 Å². The van der Waals surface area contributed by atoms with Crippen LogP contribution in [-0.2, 0) is 4.79 Å². The summed E-state index contributed by atoms with van der Waals surface area (Å²) in [7, 11) is 0. The standard InChI is InChI=1S/C8H10N2O2S/c1-5(7(9)11)10-8(12)6-3-2-4-13-6/h2-5H,1H3,(H2,9,11)(H,10,12). The van der Waals surface area contributed by atoms with Crippen molar-refractivity contribution < 1.29 is 9.59 Å². The largest absolute Gasteiger partial charge is 0.368 e. The third-order valence-electron chi connectivity index (χ3n) is 1.52. The second-order valence-corrected chi connectivity index (χ2v) is 3.52. The van der Waals surface area contributed by atoms with Gasteiger partial charge in [0.15, 0.2) is 0 Å². The molecule has 0 aliphatic carbocycles. The van der Waals surface area contributed by atoms with Crippen molar-refractivity contribution in [2.24, 2.45) is 5.73 Å². The van der Waals surface area contributed by atoms with Gasteiger partial charge in [0.25, 0.3) is 5.91 Å². The Bertz CT molecular complexity index is 308. The van der Waals surface area contributed by atoms with Crippen LogP contribution in [0.1, 0.15) is 16.6 Å². The van der Waals surface area contributed by atoms with Crippen LogP contribution in [0.2, 0.25) is 0 Å². The smallest absolute Gasteiger partial charge is 0.261 e. The molecule has 4 nitrogen and oxygen atoms in total. The fourth-order valence-corrected chi connectivity index (χ4v) is 1.37. The van der Waals surface area contributed by atoms with Crippen molar-refractivity contribution in [2.75, 3.05) is 0 Å². The summed E-state index contributed by atoms with van der Waals surface area (Å²) >= 11 is 1.32. The molecular weight excluding hydrogens is 188 g/mol. The molecule has 0 aliphatic rings. The Balaban J connectivity index is 2.56. The Morgan fingerprint density at radius 3 is 2.77 bits per heavy atom. The van der Waals surface area contributed by atoms with Crippen LogP contribution in [0, 0.1) is 0 Å². The normalized spacial score (nSPS) is 12.1. The predicted molar refractivity (Wildman–Crippen MR) is 50.4 cm³/mol. The quantitative estimate of drug-likeness (QED) is 0.735. The van der Waals surface area contributed by atoms with Gasteiger partial charge in [0.05, 0.1) is 4.88 Å². The molecule has 0 fully saturated rings. The third kappa shape index (κ3) is 2.55. The van der Waals surface area contributed by atoms with Gasteiger partial charge >= 0.3 is 0 Å². The molecule has 0 bridgehead atoms. The predicted octanol–water partition coefficient (Wildman–Crippen LogP) is 0.352. The van der Waals surface area contributed by atoms with Gasteiger partial charge < -0.3 is 11.1 Å². The molecule has 13 heavy (non-hydrogen) atoms. The summed E-state index contributed by atoms with van der Waals surface area (Å²) in [6.07, 6.45) is 0. The van der Waals surface area contributed by atoms with Crippen LogP contribution in [0.3, 0.4) is 0 Å². The average Bonchev–Trinajstić information content (AvgIpc) is 2.55. The lowest BCUT2D eigenvalue weighted by molar-refractivity contribution is -0.119. The van der Waals surface area contributed by atoms with Crippen LogP contribution in [0.5, 0.6) is 0 Å². The van der Waals surface area contributed by atoms with E-state index in [1.165, 1.54) is 11.3 Å². The molecule has 1 atom stereocenters. The van der Waals surface area contributed by atoms with Gasteiger partial charge in [-0.05, 0) is 18.4 Å². The summed E-state index contributed by atoms with van der Waals surface area (Å²) in [6.45, 7) is 1.55. The number of primary amides is 1. The van der Waals surface area contributed by atoms with Gasteiger partial charge in [-0.25, -0.2) is 0 Å². The van der Waals surface area contributed by atoms with Crippen molar-refractivity contribution in [1.82, 2.24) is 5.32 Å². The first-order chi connectivity index (χ1) is 6.11. The van der Waals surface area contributed by atoms with Crippen LogP contribution in [-0.4, -0.2) is 17.9 Å². The zero-order valence-electron chi connectivity index (χ0n) is 7.11. The van der Waals surface area contributed by atoms with E-state index in [9.17, 15) is 9.59 Å². The molecule has 0 radical (unpaired) electrons. The van der Waals surface area contributed by atoms with Crippen molar-refractivity contribution in [1.29, 1.82) is 0 Å². The SMILES string of the molecule is CC(NC(=O)c1cccs1)C(N)=O. The van der Waals surface area contributed by atoms with E-state index in [-0.39, 0.29) is 5.91 Å². The molecule has 3 N–H and O–H groups in total. The highest BCUT2D eigenvalue weighted by molar-refractivity contribution is 7.12. The number of nitrogens with one attached hydrogen (secondary N) is 1. The minimum Gasteiger partial charge on any atom is -0.368 e. The maximum Gasteiger partial charge on any atom is 0.261 e. The highest BCUT2D eigenvalue weighted by atomic mass is 32.1. The minimum absolute atomic E-state index is 0.263. The van der Waals surface area contributed by atoms with E-state index in [1.54, 1.807) is 24.4 Å². The Morgan fingerprint density at radius 2 is 2.31 bits per heavy atom. The average molecular weight is 198 g/mol. The van der Waals surface area contributed by atoms with Crippen molar-refractivity contribution in [3.8, 4) is 0 Å². The molecule has 1 heterocycles. The summed E-state index contributed by atoms with van der Waals surface area (Å²) in [5.74, 6) is -0.800. The summed E-state index contributed by atoms with van der Waals surface area (Å²) in [6, 6.07) is 2.83. The lowest BCUT2D eigenvalue weighted by atomic mass is 10.3. The van der Waals surface area contributed by atoms with Crippen molar-refractivity contribution in [3.63, 3.8) is 0 Å². The molecule has 0 saturated carbocycles. The second-order valence-electron chi connectivity index (χ2n) is 2.57. The number of thiophene rings is 1. The van der Waals surface area contributed by atoms with E-state index < -0.39 is 11.9 Å². The van der Waals surface area contributed by atoms with Gasteiger partial charge in [-0.2, -0.15) is 0 Å². The van der Waals surface area contributed by atoms with Crippen LogP contribution in [0.15, 0.2) is 17.5 Å². The first kappa shape index (κ1) is 9.73. The monoisotopic (exact) mass is 198 g/mol. The zero-order chi connectivity index (χ0) is 9.84. The topological polar surface area (TPSA) is 72.2 Å². The first-order valence-electron chi connectivity index (χ1n) is 3.75. The van der Waals surface area contributed by atoms with Gasteiger partial charge in [-0.1, -0.05) is 6.07 Å². The Morgan fingerprint density at radius 1 is 1.62 bits per heavy atom. The lowest BCUT2D eigenvalue weighted by Crippen LogP contribution is -2.41. The Kier molecular flexibility index (Phi) is 3.02. The van der Waals surface area contributed by atoms with Crippen LogP contribution < -0.4 is 11.1 Å². The highest BCUT2D eigenvalue weighted by Crippen LogP contribution is 2.07. The lowest BCUT2D eigenvalue weighted by Gasteiger charge is -2.08. The molecule has 70 valence electrons. The molecule has 2 amide bonds. The number of rotatable bonds is 3. The summed E-state index contributed by atoms with van der Waals surface area (Å²) in [4.78, 5) is 22.5. The molecule has 5 heteroatoms. The van der Waals surface area contributed by atoms with E-state index in [1.807, 2.05) is 0 Å². The number of nitrogens with two attached hydrogens (primary N) is 1. The molecule has 1 unspecified atom stereocenters. The van der Waals surface area contributed by atoms with Crippen LogP contribution >= 0.6 is 11.3 Å². The maximum absolute atomic E-state index is 11.3. The summed E-state index contributed by atoms with van der Waals surface area (Å²) in [5, 5.41) is 4.27. The molecule has 1 aromatic rings. The second kappa shape index (κ2) is 4.04. The molecule has 0 aliphatic heterocycles. The zero-order valence-corrected chi connectivity index (χ0v) is 7.93. The van der Waals surface area contributed by atoms with E-state index in [2.05, 4.69) is 5.32 Å². The maximum atomic E-state index is 11.3. The summed E-state index contributed by atoms with van der Waals surface area (Å²) < 4.78 is 0. The number of carbonyl (C=O) groups is 2. The number of carbonyl (C=O) groups excluding carboxylic acids is 2. The van der Waals surface area contributed by atoms with Crippen molar-refractivity contribution in [3.05, 3.63) is 22.4 Å². The summed E-state index contributed by atoms with van der Waals surface area (Å²) in [5.41, 5.74) is 4.99. The van der Waals surface area contributed by atoms with Crippen molar-refractivity contribution >= 4 is 23.2 Å². The van der Waals surface area contributed by atoms with Gasteiger partial charge in [0.2, 0.25) is 5.91 Å². The number of amides is 2. The highest BCUT2D eigenvalue weighted by Gasteiger charge is 2.13. The number of hydrogen-bond acceptors (Lipinski definition) is 3.